The first-order valence-electron chi connectivity index (χ1n) is 16.6. The number of fused-ring (bicyclic) bond motifs is 15. The number of aromatic nitrogens is 1. The third kappa shape index (κ3) is 3.09. The molecule has 0 saturated heterocycles. The van der Waals surface area contributed by atoms with E-state index in [-0.39, 0.29) is 5.41 Å². The largest absolute Gasteiger partial charge is 0.309 e. The molecule has 4 atom stereocenters. The number of hydrogen-bond acceptors (Lipinski definition) is 1. The van der Waals surface area contributed by atoms with Gasteiger partial charge in [0.1, 0.15) is 0 Å². The Kier molecular flexibility index (Phi) is 5.05. The SMILES string of the molecule is C1=CC2Sc3c(-c4cc5c6c(c4)c4ccccc4n6-c4ccccc4C54c5ccccc5C5=CC4CCC=C5)cccc3C2C=C1. The van der Waals surface area contributed by atoms with Crippen molar-refractivity contribution in [2.45, 2.75) is 34.3 Å². The molecule has 0 fully saturated rings. The van der Waals surface area contributed by atoms with Crippen LogP contribution >= 0.6 is 11.8 Å². The highest BCUT2D eigenvalue weighted by molar-refractivity contribution is 8.00. The molecule has 1 spiro atoms. The zero-order chi connectivity index (χ0) is 30.0. The Labute approximate surface area is 273 Å². The molecule has 4 unspecified atom stereocenters. The van der Waals surface area contributed by atoms with Gasteiger partial charge in [-0.1, -0.05) is 121 Å². The number of thioether (sulfide) groups is 1. The fourth-order valence-corrected chi connectivity index (χ4v) is 11.1. The Morgan fingerprint density at radius 1 is 0.717 bits per heavy atom. The lowest BCUT2D eigenvalue weighted by Gasteiger charge is -2.48. The molecule has 0 radical (unpaired) electrons. The Balaban J connectivity index is 1.31. The Bertz CT molecular complexity index is 2430. The Morgan fingerprint density at radius 3 is 2.52 bits per heavy atom. The average Bonchev–Trinajstić information content (AvgIpc) is 3.57. The first-order valence-corrected chi connectivity index (χ1v) is 17.5. The van der Waals surface area contributed by atoms with Gasteiger partial charge >= 0.3 is 0 Å². The molecule has 1 nitrogen and oxygen atoms in total. The molecule has 2 heteroatoms. The van der Waals surface area contributed by atoms with Crippen molar-refractivity contribution in [3.63, 3.8) is 0 Å². The van der Waals surface area contributed by atoms with Crippen molar-refractivity contribution in [1.29, 1.82) is 0 Å². The molecule has 0 amide bonds. The summed E-state index contributed by atoms with van der Waals surface area (Å²) < 4.78 is 2.58. The first kappa shape index (κ1) is 25.4. The second-order valence-corrected chi connectivity index (χ2v) is 14.6. The monoisotopic (exact) mass is 605 g/mol. The van der Waals surface area contributed by atoms with E-state index in [0.717, 1.165) is 12.8 Å². The summed E-state index contributed by atoms with van der Waals surface area (Å²) in [6.45, 7) is 0. The number of rotatable bonds is 1. The maximum Gasteiger partial charge on any atom is 0.0586 e. The lowest BCUT2D eigenvalue weighted by atomic mass is 9.55. The lowest BCUT2D eigenvalue weighted by Crippen LogP contribution is -2.42. The van der Waals surface area contributed by atoms with Crippen LogP contribution < -0.4 is 0 Å². The zero-order valence-corrected chi connectivity index (χ0v) is 26.2. The molecule has 2 bridgehead atoms. The minimum absolute atomic E-state index is 0.300. The normalized spacial score (nSPS) is 24.4. The third-order valence-electron chi connectivity index (χ3n) is 11.4. The second-order valence-electron chi connectivity index (χ2n) is 13.5. The maximum absolute atomic E-state index is 2.61. The molecule has 0 saturated carbocycles. The van der Waals surface area contributed by atoms with Crippen LogP contribution in [0.5, 0.6) is 0 Å². The van der Waals surface area contributed by atoms with E-state index >= 15 is 0 Å². The van der Waals surface area contributed by atoms with Crippen molar-refractivity contribution in [2.24, 2.45) is 5.92 Å². The van der Waals surface area contributed by atoms with Gasteiger partial charge in [0.05, 0.1) is 22.1 Å². The lowest BCUT2D eigenvalue weighted by molar-refractivity contribution is 0.417. The molecule has 1 aromatic heterocycles. The van der Waals surface area contributed by atoms with Gasteiger partial charge in [-0.05, 0) is 87.5 Å². The van der Waals surface area contributed by atoms with Crippen LogP contribution in [0.15, 0.2) is 151 Å². The van der Waals surface area contributed by atoms with Crippen LogP contribution in [0, 0.1) is 5.92 Å². The summed E-state index contributed by atoms with van der Waals surface area (Å²) in [4.78, 5) is 1.44. The predicted molar refractivity (Wildman–Crippen MR) is 193 cm³/mol. The van der Waals surface area contributed by atoms with Gasteiger partial charge in [0.15, 0.2) is 0 Å². The van der Waals surface area contributed by atoms with E-state index in [2.05, 4.69) is 150 Å². The van der Waals surface area contributed by atoms with E-state index in [9.17, 15) is 0 Å². The molecule has 5 aromatic carbocycles. The van der Waals surface area contributed by atoms with E-state index in [1.165, 1.54) is 76.9 Å². The highest BCUT2D eigenvalue weighted by Crippen LogP contribution is 2.61. The third-order valence-corrected chi connectivity index (χ3v) is 12.8. The van der Waals surface area contributed by atoms with Gasteiger partial charge in [-0.2, -0.15) is 0 Å². The van der Waals surface area contributed by atoms with Gasteiger partial charge in [-0.25, -0.2) is 0 Å². The summed E-state index contributed by atoms with van der Waals surface area (Å²) in [5.41, 5.74) is 14.9. The number of allylic oxidation sites excluding steroid dienone is 7. The summed E-state index contributed by atoms with van der Waals surface area (Å²) in [5.74, 6) is 0.784. The van der Waals surface area contributed by atoms with Crippen LogP contribution in [0.4, 0.5) is 0 Å². The molecule has 11 rings (SSSR count). The van der Waals surface area contributed by atoms with Gasteiger partial charge < -0.3 is 4.57 Å². The van der Waals surface area contributed by atoms with Crippen molar-refractivity contribution in [1.82, 2.24) is 4.57 Å². The summed E-state index contributed by atoms with van der Waals surface area (Å²) in [7, 11) is 0. The topological polar surface area (TPSA) is 4.93 Å². The van der Waals surface area contributed by atoms with Crippen molar-refractivity contribution < 1.29 is 0 Å². The average molecular weight is 606 g/mol. The summed E-state index contributed by atoms with van der Waals surface area (Å²) in [6, 6.07) is 39.7. The van der Waals surface area contributed by atoms with Crippen LogP contribution in [0.3, 0.4) is 0 Å². The molecule has 218 valence electrons. The standard InChI is InChI=1S/C44H31NS/c1-2-13-29-24-27(12-1)30-14-3-6-19-36(30)44(29)37-20-7-9-22-40(37)45-39-21-8-4-15-32(39)35-25-28(26-38(44)42(35)45)31-17-11-18-34-33-16-5-10-23-41(33)46-43(31)34/h1,3-12,14-26,29,33,41H,2,13H2. The maximum atomic E-state index is 2.61. The molecule has 3 heterocycles. The van der Waals surface area contributed by atoms with Crippen LogP contribution in [0.1, 0.15) is 46.6 Å². The van der Waals surface area contributed by atoms with Crippen LogP contribution in [-0.2, 0) is 5.41 Å². The summed E-state index contributed by atoms with van der Waals surface area (Å²) in [5, 5.41) is 3.15. The minimum atomic E-state index is -0.300. The fraction of sp³-hybridized carbons (Fsp3) is 0.136. The van der Waals surface area contributed by atoms with E-state index in [1.807, 2.05) is 11.8 Å². The first-order chi connectivity index (χ1) is 22.8. The fourth-order valence-electron chi connectivity index (χ4n) is 9.57. The van der Waals surface area contributed by atoms with Crippen LogP contribution in [0.25, 0.3) is 44.2 Å². The highest BCUT2D eigenvalue weighted by Gasteiger charge is 2.51. The molecule has 2 aliphatic heterocycles. The smallest absolute Gasteiger partial charge is 0.0586 e. The van der Waals surface area contributed by atoms with E-state index in [4.69, 9.17) is 0 Å². The van der Waals surface area contributed by atoms with Gasteiger partial charge in [0, 0.05) is 26.8 Å². The Morgan fingerprint density at radius 2 is 1.54 bits per heavy atom. The quantitative estimate of drug-likeness (QED) is 0.180. The predicted octanol–water partition coefficient (Wildman–Crippen LogP) is 11.1. The molecule has 46 heavy (non-hydrogen) atoms. The molecule has 6 aromatic rings. The van der Waals surface area contributed by atoms with E-state index in [0.29, 0.717) is 17.1 Å². The highest BCUT2D eigenvalue weighted by atomic mass is 32.2. The van der Waals surface area contributed by atoms with Crippen molar-refractivity contribution in [3.05, 3.63) is 173 Å². The van der Waals surface area contributed by atoms with Gasteiger partial charge in [0.25, 0.3) is 0 Å². The van der Waals surface area contributed by atoms with E-state index < -0.39 is 0 Å². The molecule has 5 aliphatic rings. The number of nitrogens with zero attached hydrogens (tertiary/aromatic N) is 1. The second kappa shape index (κ2) is 9.15. The van der Waals surface area contributed by atoms with Crippen LogP contribution in [-0.4, -0.2) is 9.82 Å². The zero-order valence-electron chi connectivity index (χ0n) is 25.4. The summed E-state index contributed by atoms with van der Waals surface area (Å²) >= 11 is 2.04. The molecule has 3 aliphatic carbocycles. The minimum Gasteiger partial charge on any atom is -0.309 e. The van der Waals surface area contributed by atoms with E-state index in [1.54, 1.807) is 0 Å². The van der Waals surface area contributed by atoms with Crippen molar-refractivity contribution in [3.8, 4) is 16.8 Å². The van der Waals surface area contributed by atoms with Crippen molar-refractivity contribution in [2.75, 3.05) is 0 Å². The van der Waals surface area contributed by atoms with Crippen LogP contribution in [0.2, 0.25) is 0 Å². The molecule has 0 N–H and O–H groups in total. The number of benzene rings is 5. The van der Waals surface area contributed by atoms with Gasteiger partial charge in [0.2, 0.25) is 0 Å². The molecular weight excluding hydrogens is 575 g/mol. The number of hydrogen-bond donors (Lipinski definition) is 0. The van der Waals surface area contributed by atoms with Gasteiger partial charge in [-0.15, -0.1) is 11.8 Å². The summed E-state index contributed by atoms with van der Waals surface area (Å²) in [6.07, 6.45) is 18.8. The Hall–Kier alpha value is -4.79. The van der Waals surface area contributed by atoms with Crippen molar-refractivity contribution >= 4 is 39.1 Å². The molecular formula is C44H31NS. The number of para-hydroxylation sites is 2. The van der Waals surface area contributed by atoms with Gasteiger partial charge in [-0.3, -0.25) is 0 Å².